The zero-order chi connectivity index (χ0) is 20.2. The summed E-state index contributed by atoms with van der Waals surface area (Å²) < 4.78 is 0. The number of carbonyl (C=O) groups is 1. The molecule has 0 spiro atoms. The van der Waals surface area contributed by atoms with Gasteiger partial charge in [0.15, 0.2) is 5.13 Å². The highest BCUT2D eigenvalue weighted by Gasteiger charge is 2.19. The van der Waals surface area contributed by atoms with Crippen LogP contribution in [0.5, 0.6) is 0 Å². The predicted molar refractivity (Wildman–Crippen MR) is 118 cm³/mol. The minimum atomic E-state index is -0.0466. The Balaban J connectivity index is 1.39. The van der Waals surface area contributed by atoms with E-state index in [1.54, 1.807) is 23.6 Å². The number of H-pyrrole nitrogens is 1. The van der Waals surface area contributed by atoms with Gasteiger partial charge in [-0.25, -0.2) is 9.97 Å². The van der Waals surface area contributed by atoms with Gasteiger partial charge in [0.2, 0.25) is 11.1 Å². The lowest BCUT2D eigenvalue weighted by atomic mass is 10.0. The summed E-state index contributed by atoms with van der Waals surface area (Å²) in [4.78, 5) is 23.2. The fraction of sp³-hybridized carbons (Fsp3) is 0.429. The van der Waals surface area contributed by atoms with Crippen LogP contribution in [0.2, 0.25) is 0 Å². The molecule has 0 bridgehead atoms. The number of aromatic nitrogens is 4. The monoisotopic (exact) mass is 427 g/mol. The number of nitrogens with zero attached hydrogens (tertiary/aromatic N) is 4. The zero-order valence-corrected chi connectivity index (χ0v) is 18.4. The minimum Gasteiger partial charge on any atom is -0.274 e. The van der Waals surface area contributed by atoms with Crippen LogP contribution in [0.1, 0.15) is 49.7 Å². The first-order valence-electron chi connectivity index (χ1n) is 9.94. The van der Waals surface area contributed by atoms with Gasteiger partial charge in [0.05, 0.1) is 11.4 Å². The van der Waals surface area contributed by atoms with Crippen molar-refractivity contribution < 1.29 is 4.79 Å². The molecule has 0 saturated heterocycles. The molecule has 3 aromatic rings. The Bertz CT molecular complexity index is 977. The summed E-state index contributed by atoms with van der Waals surface area (Å²) in [5.41, 5.74) is 2.88. The van der Waals surface area contributed by atoms with E-state index in [-0.39, 0.29) is 5.91 Å². The van der Waals surface area contributed by atoms with Crippen molar-refractivity contribution in [3.05, 3.63) is 46.7 Å². The second kappa shape index (κ2) is 9.09. The third-order valence-corrected chi connectivity index (χ3v) is 6.88. The number of anilines is 2. The van der Waals surface area contributed by atoms with Crippen molar-refractivity contribution >= 4 is 39.8 Å². The molecule has 0 atom stereocenters. The van der Waals surface area contributed by atoms with Crippen molar-refractivity contribution in [1.29, 1.82) is 0 Å². The molecule has 1 saturated carbocycles. The molecule has 1 aromatic carbocycles. The van der Waals surface area contributed by atoms with Crippen LogP contribution < -0.4 is 4.90 Å². The van der Waals surface area contributed by atoms with Gasteiger partial charge < -0.3 is 0 Å². The largest absolute Gasteiger partial charge is 0.274 e. The molecular weight excluding hydrogens is 402 g/mol. The zero-order valence-electron chi connectivity index (χ0n) is 16.7. The number of aromatic amines is 1. The first-order chi connectivity index (χ1) is 14.1. The lowest BCUT2D eigenvalue weighted by molar-refractivity contribution is -0.115. The quantitative estimate of drug-likeness (QED) is 0.519. The molecule has 8 heteroatoms. The summed E-state index contributed by atoms with van der Waals surface area (Å²) in [6, 6.07) is 7.90. The fourth-order valence-corrected chi connectivity index (χ4v) is 5.42. The second-order valence-electron chi connectivity index (χ2n) is 7.52. The van der Waals surface area contributed by atoms with Gasteiger partial charge in [-0.15, -0.1) is 16.4 Å². The highest BCUT2D eigenvalue weighted by molar-refractivity contribution is 7.98. The second-order valence-corrected chi connectivity index (χ2v) is 9.30. The average molecular weight is 428 g/mol. The van der Waals surface area contributed by atoms with Gasteiger partial charge in [-0.1, -0.05) is 49.6 Å². The highest BCUT2D eigenvalue weighted by Crippen LogP contribution is 2.31. The number of rotatable bonds is 7. The van der Waals surface area contributed by atoms with E-state index >= 15 is 0 Å². The molecule has 1 amide bonds. The molecular formula is C21H25N5OS2. The maximum absolute atomic E-state index is 12.3. The summed E-state index contributed by atoms with van der Waals surface area (Å²) in [6.45, 7) is 3.58. The first kappa shape index (κ1) is 20.1. The minimum absolute atomic E-state index is 0.0466. The van der Waals surface area contributed by atoms with E-state index in [4.69, 9.17) is 0 Å². The number of hydrogen-bond acceptors (Lipinski definition) is 6. The molecule has 2 heterocycles. The van der Waals surface area contributed by atoms with E-state index in [2.05, 4.69) is 20.2 Å². The molecule has 1 N–H and O–H groups in total. The average Bonchev–Trinajstić information content (AvgIpc) is 3.43. The van der Waals surface area contributed by atoms with Crippen LogP contribution in [0.3, 0.4) is 0 Å². The SMILES string of the molecule is CC(=O)N(c1cccc(C)c1)c1nc(CSc2n[nH]c(CC3CCCC3)n2)cs1. The van der Waals surface area contributed by atoms with Gasteiger partial charge in [-0.05, 0) is 30.5 Å². The van der Waals surface area contributed by atoms with Crippen molar-refractivity contribution in [2.24, 2.45) is 5.92 Å². The van der Waals surface area contributed by atoms with Crippen molar-refractivity contribution in [2.75, 3.05) is 4.90 Å². The molecule has 29 heavy (non-hydrogen) atoms. The number of thiazole rings is 1. The van der Waals surface area contributed by atoms with Crippen LogP contribution in [0.25, 0.3) is 0 Å². The van der Waals surface area contributed by atoms with Gasteiger partial charge in [-0.3, -0.25) is 14.8 Å². The van der Waals surface area contributed by atoms with E-state index < -0.39 is 0 Å². The molecule has 0 unspecified atom stereocenters. The highest BCUT2D eigenvalue weighted by atomic mass is 32.2. The Labute approximate surface area is 179 Å². The van der Waals surface area contributed by atoms with Gasteiger partial charge in [0, 0.05) is 24.5 Å². The van der Waals surface area contributed by atoms with E-state index in [0.717, 1.165) is 40.3 Å². The van der Waals surface area contributed by atoms with Crippen molar-refractivity contribution in [1.82, 2.24) is 20.2 Å². The number of thioether (sulfide) groups is 1. The first-order valence-corrected chi connectivity index (χ1v) is 11.8. The lowest BCUT2D eigenvalue weighted by Gasteiger charge is -2.18. The number of aryl methyl sites for hydroxylation is 1. The van der Waals surface area contributed by atoms with Gasteiger partial charge in [0.25, 0.3) is 0 Å². The molecule has 1 fully saturated rings. The molecule has 6 nitrogen and oxygen atoms in total. The molecule has 152 valence electrons. The van der Waals surface area contributed by atoms with E-state index in [1.165, 1.54) is 37.0 Å². The standard InChI is InChI=1S/C21H25N5OS2/c1-14-6-5-9-18(10-14)26(15(2)27)21-22-17(13-29-21)12-28-20-23-19(24-25-20)11-16-7-3-4-8-16/h5-6,9-10,13,16H,3-4,7-8,11-12H2,1-2H3,(H,23,24,25). The van der Waals surface area contributed by atoms with E-state index in [9.17, 15) is 4.79 Å². The van der Waals surface area contributed by atoms with Crippen LogP contribution in [0.15, 0.2) is 34.8 Å². The Morgan fingerprint density at radius 1 is 1.31 bits per heavy atom. The molecule has 1 aliphatic carbocycles. The fourth-order valence-electron chi connectivity index (χ4n) is 3.72. The smallest absolute Gasteiger partial charge is 0.230 e. The molecule has 4 rings (SSSR count). The number of nitrogens with one attached hydrogen (secondary N) is 1. The molecule has 0 radical (unpaired) electrons. The third kappa shape index (κ3) is 5.05. The summed E-state index contributed by atoms with van der Waals surface area (Å²) in [6.07, 6.45) is 6.29. The summed E-state index contributed by atoms with van der Waals surface area (Å²) >= 11 is 3.05. The maximum Gasteiger partial charge on any atom is 0.230 e. The Hall–Kier alpha value is -2.19. The van der Waals surface area contributed by atoms with Crippen molar-refractivity contribution in [3.63, 3.8) is 0 Å². The summed E-state index contributed by atoms with van der Waals surface area (Å²) in [5.74, 6) is 2.37. The van der Waals surface area contributed by atoms with Gasteiger partial charge >= 0.3 is 0 Å². The molecule has 0 aliphatic heterocycles. The van der Waals surface area contributed by atoms with Crippen molar-refractivity contribution in [3.8, 4) is 0 Å². The van der Waals surface area contributed by atoms with Gasteiger partial charge in [-0.2, -0.15) is 0 Å². The third-order valence-electron chi connectivity index (χ3n) is 5.12. The summed E-state index contributed by atoms with van der Waals surface area (Å²) in [5, 5.41) is 10.9. The van der Waals surface area contributed by atoms with Gasteiger partial charge in [0.1, 0.15) is 5.82 Å². The topological polar surface area (TPSA) is 74.8 Å². The van der Waals surface area contributed by atoms with Crippen molar-refractivity contribution in [2.45, 2.75) is 56.9 Å². The number of hydrogen-bond donors (Lipinski definition) is 1. The van der Waals surface area contributed by atoms with Crippen LogP contribution in [0.4, 0.5) is 10.8 Å². The number of benzene rings is 1. The maximum atomic E-state index is 12.3. The normalized spacial score (nSPS) is 14.4. The number of carbonyl (C=O) groups excluding carboxylic acids is 1. The molecule has 2 aromatic heterocycles. The Kier molecular flexibility index (Phi) is 6.30. The van der Waals surface area contributed by atoms with Crippen LogP contribution >= 0.6 is 23.1 Å². The Morgan fingerprint density at radius 3 is 2.90 bits per heavy atom. The predicted octanol–water partition coefficient (Wildman–Crippen LogP) is 5.28. The Morgan fingerprint density at radius 2 is 2.14 bits per heavy atom. The van der Waals surface area contributed by atoms with Crippen LogP contribution in [-0.4, -0.2) is 26.1 Å². The summed E-state index contributed by atoms with van der Waals surface area (Å²) in [7, 11) is 0. The lowest BCUT2D eigenvalue weighted by Crippen LogP contribution is -2.22. The van der Waals surface area contributed by atoms with E-state index in [0.29, 0.717) is 10.9 Å². The number of amides is 1. The van der Waals surface area contributed by atoms with Crippen LogP contribution in [0, 0.1) is 12.8 Å². The van der Waals surface area contributed by atoms with E-state index in [1.807, 2.05) is 36.6 Å². The molecule has 1 aliphatic rings. The van der Waals surface area contributed by atoms with Crippen LogP contribution in [-0.2, 0) is 17.0 Å².